The maximum absolute atomic E-state index is 10.8. The molecular formula is C14H22N2O2. The Balaban J connectivity index is 2.96. The van der Waals surface area contributed by atoms with Crippen LogP contribution in [0.25, 0.3) is 0 Å². The summed E-state index contributed by atoms with van der Waals surface area (Å²) in [5, 5.41) is 10.8. The van der Waals surface area contributed by atoms with Crippen molar-refractivity contribution in [3.63, 3.8) is 0 Å². The predicted octanol–water partition coefficient (Wildman–Crippen LogP) is 3.71. The van der Waals surface area contributed by atoms with E-state index in [-0.39, 0.29) is 10.6 Å². The molecular weight excluding hydrogens is 228 g/mol. The molecule has 0 atom stereocenters. The molecule has 0 aromatic heterocycles. The van der Waals surface area contributed by atoms with Crippen molar-refractivity contribution in [2.24, 2.45) is 11.8 Å². The van der Waals surface area contributed by atoms with Crippen LogP contribution in [0, 0.1) is 22.0 Å². The summed E-state index contributed by atoms with van der Waals surface area (Å²) in [7, 11) is 0. The SMILES string of the molecule is CC(C)CN(CC(C)C)c1cccc([N+](=O)[O-])c1. The maximum atomic E-state index is 10.8. The Morgan fingerprint density at radius 2 is 1.72 bits per heavy atom. The highest BCUT2D eigenvalue weighted by Gasteiger charge is 2.13. The van der Waals surface area contributed by atoms with E-state index in [1.54, 1.807) is 12.1 Å². The largest absolute Gasteiger partial charge is 0.371 e. The highest BCUT2D eigenvalue weighted by Crippen LogP contribution is 2.22. The fourth-order valence-corrected chi connectivity index (χ4v) is 1.97. The van der Waals surface area contributed by atoms with Gasteiger partial charge in [0.15, 0.2) is 0 Å². The molecule has 0 spiro atoms. The van der Waals surface area contributed by atoms with E-state index in [1.165, 1.54) is 6.07 Å². The summed E-state index contributed by atoms with van der Waals surface area (Å²) in [4.78, 5) is 12.7. The third-order valence-electron chi connectivity index (χ3n) is 2.58. The summed E-state index contributed by atoms with van der Waals surface area (Å²) in [6.07, 6.45) is 0. The van der Waals surface area contributed by atoms with E-state index in [1.807, 2.05) is 6.07 Å². The summed E-state index contributed by atoms with van der Waals surface area (Å²) in [5.74, 6) is 1.06. The molecule has 1 aromatic carbocycles. The van der Waals surface area contributed by atoms with Crippen LogP contribution >= 0.6 is 0 Å². The molecule has 1 aromatic rings. The zero-order chi connectivity index (χ0) is 13.7. The van der Waals surface area contributed by atoms with Gasteiger partial charge in [-0.05, 0) is 17.9 Å². The Hall–Kier alpha value is -1.58. The molecule has 1 rings (SSSR count). The molecule has 0 unspecified atom stereocenters. The molecule has 4 heteroatoms. The second-order valence-corrected chi connectivity index (χ2v) is 5.47. The van der Waals surface area contributed by atoms with Gasteiger partial charge in [-0.3, -0.25) is 10.1 Å². The van der Waals surface area contributed by atoms with E-state index in [0.29, 0.717) is 11.8 Å². The molecule has 100 valence electrons. The van der Waals surface area contributed by atoms with Gasteiger partial charge in [-0.15, -0.1) is 0 Å². The topological polar surface area (TPSA) is 46.4 Å². The average Bonchev–Trinajstić information content (AvgIpc) is 2.27. The third-order valence-corrected chi connectivity index (χ3v) is 2.58. The van der Waals surface area contributed by atoms with E-state index in [4.69, 9.17) is 0 Å². The molecule has 0 saturated carbocycles. The number of benzene rings is 1. The van der Waals surface area contributed by atoms with E-state index in [0.717, 1.165) is 18.8 Å². The normalized spacial score (nSPS) is 11.0. The van der Waals surface area contributed by atoms with Crippen molar-refractivity contribution in [3.8, 4) is 0 Å². The van der Waals surface area contributed by atoms with Crippen LogP contribution < -0.4 is 4.90 Å². The van der Waals surface area contributed by atoms with Gasteiger partial charge < -0.3 is 4.90 Å². The van der Waals surface area contributed by atoms with Crippen molar-refractivity contribution in [1.82, 2.24) is 0 Å². The molecule has 18 heavy (non-hydrogen) atoms. The lowest BCUT2D eigenvalue weighted by Crippen LogP contribution is -2.31. The first-order valence-electron chi connectivity index (χ1n) is 6.39. The van der Waals surface area contributed by atoms with Gasteiger partial charge in [0, 0.05) is 30.9 Å². The Bertz CT molecular complexity index is 393. The van der Waals surface area contributed by atoms with Crippen molar-refractivity contribution in [2.75, 3.05) is 18.0 Å². The minimum absolute atomic E-state index is 0.157. The highest BCUT2D eigenvalue weighted by atomic mass is 16.6. The number of nitro benzene ring substituents is 1. The van der Waals surface area contributed by atoms with Crippen molar-refractivity contribution in [2.45, 2.75) is 27.7 Å². The third kappa shape index (κ3) is 4.35. The van der Waals surface area contributed by atoms with E-state index < -0.39 is 0 Å². The van der Waals surface area contributed by atoms with Crippen LogP contribution in [-0.4, -0.2) is 18.0 Å². The molecule has 0 N–H and O–H groups in total. The van der Waals surface area contributed by atoms with Crippen LogP contribution in [0.4, 0.5) is 11.4 Å². The fourth-order valence-electron chi connectivity index (χ4n) is 1.97. The minimum Gasteiger partial charge on any atom is -0.371 e. The lowest BCUT2D eigenvalue weighted by atomic mass is 10.1. The number of nitro groups is 1. The van der Waals surface area contributed by atoms with Gasteiger partial charge in [-0.1, -0.05) is 33.8 Å². The molecule has 0 fully saturated rings. The fraction of sp³-hybridized carbons (Fsp3) is 0.571. The van der Waals surface area contributed by atoms with E-state index in [2.05, 4.69) is 32.6 Å². The standard InChI is InChI=1S/C14H22N2O2/c1-11(2)9-15(10-12(3)4)13-6-5-7-14(8-13)16(17)18/h5-8,11-12H,9-10H2,1-4H3. The highest BCUT2D eigenvalue weighted by molar-refractivity contribution is 5.53. The van der Waals surface area contributed by atoms with E-state index in [9.17, 15) is 10.1 Å². The van der Waals surface area contributed by atoms with Crippen LogP contribution in [0.5, 0.6) is 0 Å². The van der Waals surface area contributed by atoms with Gasteiger partial charge in [-0.2, -0.15) is 0 Å². The Morgan fingerprint density at radius 1 is 1.17 bits per heavy atom. The van der Waals surface area contributed by atoms with Crippen LogP contribution in [0.3, 0.4) is 0 Å². The van der Waals surface area contributed by atoms with Crippen molar-refractivity contribution < 1.29 is 4.92 Å². The van der Waals surface area contributed by atoms with Crippen molar-refractivity contribution in [3.05, 3.63) is 34.4 Å². The van der Waals surface area contributed by atoms with Gasteiger partial charge in [0.1, 0.15) is 0 Å². The maximum Gasteiger partial charge on any atom is 0.271 e. The van der Waals surface area contributed by atoms with Crippen molar-refractivity contribution >= 4 is 11.4 Å². The summed E-state index contributed by atoms with van der Waals surface area (Å²) in [5.41, 5.74) is 1.09. The number of anilines is 1. The van der Waals surface area contributed by atoms with E-state index >= 15 is 0 Å². The number of hydrogen-bond acceptors (Lipinski definition) is 3. The van der Waals surface area contributed by atoms with Gasteiger partial charge in [0.05, 0.1) is 4.92 Å². The van der Waals surface area contributed by atoms with Gasteiger partial charge in [0.25, 0.3) is 5.69 Å². The Labute approximate surface area is 109 Å². The molecule has 4 nitrogen and oxygen atoms in total. The lowest BCUT2D eigenvalue weighted by Gasteiger charge is -2.28. The number of rotatable bonds is 6. The number of nitrogens with zero attached hydrogens (tertiary/aromatic N) is 2. The van der Waals surface area contributed by atoms with Crippen molar-refractivity contribution in [1.29, 1.82) is 0 Å². The summed E-state index contributed by atoms with van der Waals surface area (Å²) in [6, 6.07) is 6.88. The smallest absolute Gasteiger partial charge is 0.271 e. The van der Waals surface area contributed by atoms with Gasteiger partial charge in [-0.25, -0.2) is 0 Å². The van der Waals surface area contributed by atoms with Gasteiger partial charge >= 0.3 is 0 Å². The van der Waals surface area contributed by atoms with Crippen LogP contribution in [0.1, 0.15) is 27.7 Å². The number of non-ortho nitro benzene ring substituents is 1. The first-order chi connectivity index (χ1) is 8.40. The first kappa shape index (κ1) is 14.5. The molecule has 0 aliphatic carbocycles. The summed E-state index contributed by atoms with van der Waals surface area (Å²) in [6.45, 7) is 10.5. The molecule has 0 aliphatic heterocycles. The molecule has 0 heterocycles. The quantitative estimate of drug-likeness (QED) is 0.571. The molecule has 0 bridgehead atoms. The zero-order valence-corrected chi connectivity index (χ0v) is 11.6. The second-order valence-electron chi connectivity index (χ2n) is 5.47. The van der Waals surface area contributed by atoms with Crippen LogP contribution in [0.2, 0.25) is 0 Å². The average molecular weight is 250 g/mol. The van der Waals surface area contributed by atoms with Crippen LogP contribution in [-0.2, 0) is 0 Å². The molecule has 0 saturated heterocycles. The first-order valence-corrected chi connectivity index (χ1v) is 6.39. The predicted molar refractivity (Wildman–Crippen MR) is 75.0 cm³/mol. The Morgan fingerprint density at radius 3 is 2.17 bits per heavy atom. The molecule has 0 radical (unpaired) electrons. The monoisotopic (exact) mass is 250 g/mol. The van der Waals surface area contributed by atoms with Crippen LogP contribution in [0.15, 0.2) is 24.3 Å². The zero-order valence-electron chi connectivity index (χ0n) is 11.6. The molecule has 0 amide bonds. The second kappa shape index (κ2) is 6.38. The lowest BCUT2D eigenvalue weighted by molar-refractivity contribution is -0.384. The summed E-state index contributed by atoms with van der Waals surface area (Å²) < 4.78 is 0. The minimum atomic E-state index is -0.341. The van der Waals surface area contributed by atoms with Gasteiger partial charge in [0.2, 0.25) is 0 Å². The summed E-state index contributed by atoms with van der Waals surface area (Å²) >= 11 is 0. The molecule has 0 aliphatic rings. The number of hydrogen-bond donors (Lipinski definition) is 0. The Kier molecular flexibility index (Phi) is 5.13.